The first-order valence-corrected chi connectivity index (χ1v) is 9.49. The zero-order valence-corrected chi connectivity index (χ0v) is 15.4. The molecular weight excluding hydrogens is 330 g/mol. The van der Waals surface area contributed by atoms with Gasteiger partial charge in [-0.3, -0.25) is 0 Å². The molecule has 0 spiro atoms. The van der Waals surface area contributed by atoms with Gasteiger partial charge < -0.3 is 9.47 Å². The van der Waals surface area contributed by atoms with E-state index >= 15 is 0 Å². The zero-order valence-electron chi connectivity index (χ0n) is 14.5. The van der Waals surface area contributed by atoms with Gasteiger partial charge in [0.15, 0.2) is 0 Å². The lowest BCUT2D eigenvalue weighted by Crippen LogP contribution is -2.44. The van der Waals surface area contributed by atoms with Gasteiger partial charge in [0.2, 0.25) is 10.0 Å². The summed E-state index contributed by atoms with van der Waals surface area (Å²) in [6.45, 7) is 7.16. The Morgan fingerprint density at radius 3 is 2.46 bits per heavy atom. The fraction of sp³-hybridized carbons (Fsp3) is 0.588. The number of rotatable bonds is 6. The lowest BCUT2D eigenvalue weighted by atomic mass is 10.2. The smallest absolute Gasteiger partial charge is 0.421 e. The van der Waals surface area contributed by atoms with E-state index in [1.807, 2.05) is 35.1 Å². The summed E-state index contributed by atoms with van der Waals surface area (Å²) < 4.78 is 36.9. The predicted octanol–water partition coefficient (Wildman–Crippen LogP) is 2.98. The number of nitrogens with one attached hydrogen (secondary N) is 1. The second-order valence-electron chi connectivity index (χ2n) is 7.02. The minimum absolute atomic E-state index is 0.342. The highest BCUT2D eigenvalue weighted by molar-refractivity contribution is 7.91. The van der Waals surface area contributed by atoms with Gasteiger partial charge in [0, 0.05) is 0 Å². The Morgan fingerprint density at radius 1 is 1.29 bits per heavy atom. The van der Waals surface area contributed by atoms with Crippen LogP contribution in [0, 0.1) is 0 Å². The van der Waals surface area contributed by atoms with Gasteiger partial charge in [0.05, 0.1) is 12.7 Å². The van der Waals surface area contributed by atoms with Crippen molar-refractivity contribution >= 4 is 16.1 Å². The zero-order chi connectivity index (χ0) is 18.0. The molecule has 1 aliphatic carbocycles. The number of benzene rings is 1. The van der Waals surface area contributed by atoms with Crippen molar-refractivity contribution in [1.82, 2.24) is 4.72 Å². The summed E-state index contributed by atoms with van der Waals surface area (Å²) in [5.41, 5.74) is 0.220. The minimum Gasteiger partial charge on any atom is -0.443 e. The molecule has 134 valence electrons. The Hall–Kier alpha value is -1.60. The Kier molecular flexibility index (Phi) is 5.25. The van der Waals surface area contributed by atoms with Gasteiger partial charge in [-0.15, -0.1) is 0 Å². The number of amides is 1. The van der Waals surface area contributed by atoms with E-state index in [0.717, 1.165) is 5.56 Å². The Morgan fingerprint density at radius 2 is 1.92 bits per heavy atom. The maximum atomic E-state index is 12.6. The van der Waals surface area contributed by atoms with Crippen LogP contribution in [0.4, 0.5) is 4.79 Å². The van der Waals surface area contributed by atoms with Crippen LogP contribution < -0.4 is 4.72 Å². The maximum Gasteiger partial charge on any atom is 0.421 e. The first-order chi connectivity index (χ1) is 11.1. The third-order valence-corrected chi connectivity index (χ3v) is 6.23. The molecule has 1 amide bonds. The molecule has 0 aliphatic heterocycles. The topological polar surface area (TPSA) is 81.7 Å². The molecule has 24 heavy (non-hydrogen) atoms. The van der Waals surface area contributed by atoms with Crippen molar-refractivity contribution in [2.24, 2.45) is 0 Å². The largest absolute Gasteiger partial charge is 0.443 e. The van der Waals surface area contributed by atoms with Gasteiger partial charge >= 0.3 is 6.09 Å². The van der Waals surface area contributed by atoms with Gasteiger partial charge in [0.1, 0.15) is 10.3 Å². The number of hydrogen-bond acceptors (Lipinski definition) is 5. The summed E-state index contributed by atoms with van der Waals surface area (Å²) in [4.78, 5) is 11.8. The van der Waals surface area contributed by atoms with E-state index in [2.05, 4.69) is 0 Å². The SMILES string of the molecule is CCC1(S(=O)(=O)NC(=O)OC(C)(C)C)CC1OCc1ccccc1. The standard InChI is InChI=1S/C17H25NO5S/c1-5-17(24(20,21)18-15(19)23-16(2,3)4)11-14(17)22-12-13-9-7-6-8-10-13/h6-10,14H,5,11-12H2,1-4H3,(H,18,19). The van der Waals surface area contributed by atoms with Crippen LogP contribution in [-0.2, 0) is 26.1 Å². The van der Waals surface area contributed by atoms with Crippen molar-refractivity contribution in [2.45, 2.75) is 63.6 Å². The number of hydrogen-bond donors (Lipinski definition) is 1. The highest BCUT2D eigenvalue weighted by atomic mass is 32.2. The molecule has 1 aromatic rings. The van der Waals surface area contributed by atoms with E-state index in [4.69, 9.17) is 9.47 Å². The Balaban J connectivity index is 1.99. The minimum atomic E-state index is -3.87. The summed E-state index contributed by atoms with van der Waals surface area (Å²) in [6, 6.07) is 9.55. The van der Waals surface area contributed by atoms with Crippen LogP contribution in [0.15, 0.2) is 30.3 Å². The van der Waals surface area contributed by atoms with Gasteiger partial charge in [0.25, 0.3) is 0 Å². The van der Waals surface area contributed by atoms with E-state index < -0.39 is 32.6 Å². The number of sulfonamides is 1. The van der Waals surface area contributed by atoms with Gasteiger partial charge in [-0.2, -0.15) is 0 Å². The first kappa shape index (κ1) is 18.7. The molecule has 2 rings (SSSR count). The quantitative estimate of drug-likeness (QED) is 0.848. The van der Waals surface area contributed by atoms with E-state index in [1.54, 1.807) is 27.7 Å². The molecule has 6 nitrogen and oxygen atoms in total. The molecule has 0 heterocycles. The third-order valence-electron chi connectivity index (χ3n) is 4.00. The first-order valence-electron chi connectivity index (χ1n) is 8.00. The van der Waals surface area contributed by atoms with Crippen molar-refractivity contribution in [1.29, 1.82) is 0 Å². The second kappa shape index (κ2) is 6.72. The highest BCUT2D eigenvalue weighted by Crippen LogP contribution is 2.48. The molecule has 0 radical (unpaired) electrons. The fourth-order valence-corrected chi connectivity index (χ4v) is 4.22. The van der Waals surface area contributed by atoms with Gasteiger partial charge in [-0.1, -0.05) is 37.3 Å². The molecule has 1 saturated carbocycles. The lowest BCUT2D eigenvalue weighted by Gasteiger charge is -2.22. The average molecular weight is 355 g/mol. The molecule has 0 aromatic heterocycles. The monoisotopic (exact) mass is 355 g/mol. The second-order valence-corrected chi connectivity index (χ2v) is 9.04. The van der Waals surface area contributed by atoms with Crippen LogP contribution >= 0.6 is 0 Å². The van der Waals surface area contributed by atoms with Crippen molar-refractivity contribution in [3.63, 3.8) is 0 Å². The summed E-state index contributed by atoms with van der Waals surface area (Å²) in [5.74, 6) is 0. The van der Waals surface area contributed by atoms with E-state index in [1.165, 1.54) is 0 Å². The fourth-order valence-electron chi connectivity index (χ4n) is 2.59. The molecular formula is C17H25NO5S. The van der Waals surface area contributed by atoms with Crippen molar-refractivity contribution in [3.8, 4) is 0 Å². The molecule has 7 heteroatoms. The predicted molar refractivity (Wildman–Crippen MR) is 90.9 cm³/mol. The molecule has 2 atom stereocenters. The van der Waals surface area contributed by atoms with Crippen LogP contribution in [0.25, 0.3) is 0 Å². The molecule has 1 fully saturated rings. The van der Waals surface area contributed by atoms with Crippen LogP contribution in [0.2, 0.25) is 0 Å². The molecule has 2 unspecified atom stereocenters. The van der Waals surface area contributed by atoms with Gasteiger partial charge in [-0.05, 0) is 39.2 Å². The summed E-state index contributed by atoms with van der Waals surface area (Å²) in [6.07, 6.45) is -0.648. The highest BCUT2D eigenvalue weighted by Gasteiger charge is 2.64. The number of carbonyl (C=O) groups excluding carboxylic acids is 1. The molecule has 0 bridgehead atoms. The molecule has 0 saturated heterocycles. The molecule has 1 aromatic carbocycles. The van der Waals surface area contributed by atoms with E-state index in [9.17, 15) is 13.2 Å². The van der Waals surface area contributed by atoms with Crippen molar-refractivity contribution < 1.29 is 22.7 Å². The Labute approximate surface area is 143 Å². The molecule has 1 N–H and O–H groups in total. The lowest BCUT2D eigenvalue weighted by molar-refractivity contribution is 0.0568. The summed E-state index contributed by atoms with van der Waals surface area (Å²) in [5, 5.41) is 0. The van der Waals surface area contributed by atoms with Crippen molar-refractivity contribution in [3.05, 3.63) is 35.9 Å². The van der Waals surface area contributed by atoms with Crippen LogP contribution in [0.3, 0.4) is 0 Å². The van der Waals surface area contributed by atoms with Crippen molar-refractivity contribution in [2.75, 3.05) is 0 Å². The average Bonchev–Trinajstić information content (AvgIpc) is 3.19. The number of carbonyl (C=O) groups is 1. The number of ether oxygens (including phenoxy) is 2. The van der Waals surface area contributed by atoms with Crippen LogP contribution in [0.5, 0.6) is 0 Å². The van der Waals surface area contributed by atoms with E-state index in [0.29, 0.717) is 19.4 Å². The van der Waals surface area contributed by atoms with E-state index in [-0.39, 0.29) is 0 Å². The maximum absolute atomic E-state index is 12.6. The summed E-state index contributed by atoms with van der Waals surface area (Å²) in [7, 11) is -3.87. The Bertz CT molecular complexity index is 681. The molecule has 1 aliphatic rings. The third kappa shape index (κ3) is 4.27. The van der Waals surface area contributed by atoms with Crippen LogP contribution in [0.1, 0.15) is 46.1 Å². The van der Waals surface area contributed by atoms with Gasteiger partial charge in [-0.25, -0.2) is 17.9 Å². The van der Waals surface area contributed by atoms with Crippen LogP contribution in [-0.4, -0.2) is 31.0 Å². The summed E-state index contributed by atoms with van der Waals surface area (Å²) >= 11 is 0. The normalized spacial score (nSPS) is 23.6.